The van der Waals surface area contributed by atoms with E-state index >= 15 is 0 Å². The molecule has 3 aromatic heterocycles. The molecule has 0 atom stereocenters. The van der Waals surface area contributed by atoms with Crippen molar-refractivity contribution >= 4 is 29.3 Å². The summed E-state index contributed by atoms with van der Waals surface area (Å²) in [7, 11) is 0. The second kappa shape index (κ2) is 5.57. The molecule has 2 N–H and O–H groups in total. The maximum Gasteiger partial charge on any atom is 0.271 e. The first-order valence-electron chi connectivity index (χ1n) is 7.45. The maximum atomic E-state index is 5.30. The predicted octanol–water partition coefficient (Wildman–Crippen LogP) is 3.11. The molecule has 0 unspecified atom stereocenters. The van der Waals surface area contributed by atoms with E-state index in [4.69, 9.17) is 12.2 Å². The zero-order chi connectivity index (χ0) is 16.7. The summed E-state index contributed by atoms with van der Waals surface area (Å²) in [5.41, 5.74) is 3.92. The van der Waals surface area contributed by atoms with Crippen LogP contribution in [0.4, 0.5) is 0 Å². The molecule has 0 saturated carbocycles. The molecule has 0 aliphatic heterocycles. The molecule has 0 saturated heterocycles. The molecular weight excluding hydrogens is 322 g/mol. The summed E-state index contributed by atoms with van der Waals surface area (Å²) in [5, 5.41) is 17.1. The van der Waals surface area contributed by atoms with Gasteiger partial charge in [0.1, 0.15) is 0 Å². The molecule has 0 radical (unpaired) electrons. The number of benzene rings is 1. The lowest BCUT2D eigenvalue weighted by Crippen LogP contribution is -2.07. The van der Waals surface area contributed by atoms with Crippen molar-refractivity contribution in [1.29, 1.82) is 0 Å². The van der Waals surface area contributed by atoms with Crippen molar-refractivity contribution < 1.29 is 0 Å². The van der Waals surface area contributed by atoms with E-state index in [9.17, 15) is 0 Å². The molecule has 4 aromatic rings. The molecule has 3 heterocycles. The lowest BCUT2D eigenvalue weighted by molar-refractivity contribution is 0.714. The normalized spacial score (nSPS) is 11.8. The predicted molar refractivity (Wildman–Crippen MR) is 95.3 cm³/mol. The molecule has 24 heavy (non-hydrogen) atoms. The first-order valence-corrected chi connectivity index (χ1v) is 7.86. The van der Waals surface area contributed by atoms with Crippen LogP contribution in [0, 0.1) is 18.6 Å². The average Bonchev–Trinajstić information content (AvgIpc) is 3.23. The minimum absolute atomic E-state index is 0.411. The van der Waals surface area contributed by atoms with Gasteiger partial charge in [0.05, 0.1) is 11.9 Å². The van der Waals surface area contributed by atoms with Gasteiger partial charge in [0, 0.05) is 28.4 Å². The molecule has 1 aromatic carbocycles. The van der Waals surface area contributed by atoms with E-state index in [2.05, 4.69) is 25.4 Å². The Morgan fingerprint density at radius 2 is 2.08 bits per heavy atom. The number of nitrogens with zero attached hydrogens (tertiary/aromatic N) is 5. The van der Waals surface area contributed by atoms with Crippen molar-refractivity contribution in [1.82, 2.24) is 29.6 Å². The number of hydrogen-bond donors (Lipinski definition) is 2. The fraction of sp³-hybridized carbons (Fsp3) is 0.125. The van der Waals surface area contributed by atoms with Crippen molar-refractivity contribution in [3.63, 3.8) is 0 Å². The smallest absolute Gasteiger partial charge is 0.271 e. The van der Waals surface area contributed by atoms with E-state index in [1.54, 1.807) is 15.6 Å². The summed E-state index contributed by atoms with van der Waals surface area (Å²) in [5.74, 6) is 0.529. The first kappa shape index (κ1) is 14.6. The van der Waals surface area contributed by atoms with Crippen LogP contribution in [0.25, 0.3) is 16.9 Å². The number of hydrogen-bond acceptors (Lipinski definition) is 4. The number of H-pyrrole nitrogens is 2. The summed E-state index contributed by atoms with van der Waals surface area (Å²) >= 11 is 5.30. The summed E-state index contributed by atoms with van der Waals surface area (Å²) in [6, 6.07) is 10.0. The minimum Gasteiger partial charge on any atom is -0.361 e. The molecule has 4 rings (SSSR count). The second-order valence-corrected chi connectivity index (χ2v) is 5.90. The van der Waals surface area contributed by atoms with Gasteiger partial charge in [0.25, 0.3) is 5.95 Å². The van der Waals surface area contributed by atoms with Gasteiger partial charge in [-0.15, -0.1) is 5.10 Å². The summed E-state index contributed by atoms with van der Waals surface area (Å²) < 4.78 is 3.69. The van der Waals surface area contributed by atoms with Gasteiger partial charge in [-0.2, -0.15) is 14.9 Å². The molecule has 8 heteroatoms. The molecule has 0 bridgehead atoms. The maximum absolute atomic E-state index is 5.30. The van der Waals surface area contributed by atoms with Crippen molar-refractivity contribution in [3.8, 4) is 5.95 Å². The minimum atomic E-state index is 0.411. The van der Waals surface area contributed by atoms with E-state index in [0.29, 0.717) is 10.7 Å². The number of aromatic amines is 2. The SMILES string of the molecule is Cc1cc(C)n(-c2n[nH]c(=S)n2/N=C/c2c[nH]c3ccccc23)n1. The van der Waals surface area contributed by atoms with Gasteiger partial charge < -0.3 is 4.98 Å². The van der Waals surface area contributed by atoms with E-state index in [-0.39, 0.29) is 0 Å². The molecule has 0 aliphatic rings. The molecule has 0 spiro atoms. The monoisotopic (exact) mass is 337 g/mol. The summed E-state index contributed by atoms with van der Waals surface area (Å²) in [6.07, 6.45) is 3.68. The Kier molecular flexibility index (Phi) is 3.39. The zero-order valence-electron chi connectivity index (χ0n) is 13.2. The third-order valence-electron chi connectivity index (χ3n) is 3.77. The first-order chi connectivity index (χ1) is 11.6. The Bertz CT molecular complexity index is 1110. The molecule has 120 valence electrons. The van der Waals surface area contributed by atoms with Crippen LogP contribution in [-0.4, -0.2) is 35.9 Å². The van der Waals surface area contributed by atoms with Gasteiger partial charge in [-0.1, -0.05) is 18.2 Å². The van der Waals surface area contributed by atoms with Crippen LogP contribution in [0.3, 0.4) is 0 Å². The Labute approximate surface area is 142 Å². The van der Waals surface area contributed by atoms with Crippen LogP contribution in [0.2, 0.25) is 0 Å². The number of rotatable bonds is 3. The van der Waals surface area contributed by atoms with Crippen LogP contribution in [0.5, 0.6) is 0 Å². The van der Waals surface area contributed by atoms with Crippen LogP contribution in [-0.2, 0) is 0 Å². The standard InChI is InChI=1S/C16H15N7S/c1-10-7-11(2)22(21-10)15-19-20-16(24)23(15)18-9-12-8-17-14-6-4-3-5-13(12)14/h3-9,17H,1-2H3,(H,20,24)/b18-9+. The summed E-state index contributed by atoms with van der Waals surface area (Å²) in [4.78, 5) is 3.22. The highest BCUT2D eigenvalue weighted by molar-refractivity contribution is 7.71. The van der Waals surface area contributed by atoms with E-state index < -0.39 is 0 Å². The van der Waals surface area contributed by atoms with E-state index in [0.717, 1.165) is 27.9 Å². The van der Waals surface area contributed by atoms with Crippen LogP contribution < -0.4 is 0 Å². The largest absolute Gasteiger partial charge is 0.361 e. The van der Waals surface area contributed by atoms with Crippen molar-refractivity contribution in [2.24, 2.45) is 5.10 Å². The van der Waals surface area contributed by atoms with E-state index in [1.807, 2.05) is 50.4 Å². The Morgan fingerprint density at radius 1 is 1.25 bits per heavy atom. The second-order valence-electron chi connectivity index (χ2n) is 5.51. The molecule has 0 aliphatic carbocycles. The number of aryl methyl sites for hydroxylation is 2. The van der Waals surface area contributed by atoms with Gasteiger partial charge in [-0.25, -0.2) is 9.78 Å². The molecular formula is C16H15N7S. The van der Waals surface area contributed by atoms with Gasteiger partial charge in [-0.3, -0.25) is 0 Å². The van der Waals surface area contributed by atoms with Crippen molar-refractivity contribution in [3.05, 3.63) is 58.3 Å². The number of nitrogens with one attached hydrogen (secondary N) is 2. The third-order valence-corrected chi connectivity index (χ3v) is 4.03. The van der Waals surface area contributed by atoms with Crippen LogP contribution in [0.1, 0.15) is 17.0 Å². The number of para-hydroxylation sites is 1. The highest BCUT2D eigenvalue weighted by atomic mass is 32.1. The lowest BCUT2D eigenvalue weighted by Gasteiger charge is -2.02. The van der Waals surface area contributed by atoms with E-state index in [1.165, 1.54) is 0 Å². The van der Waals surface area contributed by atoms with Crippen LogP contribution in [0.15, 0.2) is 41.6 Å². The van der Waals surface area contributed by atoms with Gasteiger partial charge >= 0.3 is 0 Å². The molecule has 0 fully saturated rings. The number of aromatic nitrogens is 6. The highest BCUT2D eigenvalue weighted by Gasteiger charge is 2.11. The Hall–Kier alpha value is -3.00. The fourth-order valence-corrected chi connectivity index (χ4v) is 2.85. The molecule has 7 nitrogen and oxygen atoms in total. The summed E-state index contributed by atoms with van der Waals surface area (Å²) in [6.45, 7) is 3.90. The zero-order valence-corrected chi connectivity index (χ0v) is 14.0. The Balaban J connectivity index is 1.79. The van der Waals surface area contributed by atoms with Gasteiger partial charge in [0.15, 0.2) is 0 Å². The average molecular weight is 337 g/mol. The Morgan fingerprint density at radius 3 is 2.88 bits per heavy atom. The topological polar surface area (TPSA) is 79.6 Å². The quantitative estimate of drug-likeness (QED) is 0.445. The lowest BCUT2D eigenvalue weighted by atomic mass is 10.2. The van der Waals surface area contributed by atoms with Gasteiger partial charge in [-0.05, 0) is 38.2 Å². The van der Waals surface area contributed by atoms with Crippen molar-refractivity contribution in [2.75, 3.05) is 0 Å². The highest BCUT2D eigenvalue weighted by Crippen LogP contribution is 2.16. The van der Waals surface area contributed by atoms with Crippen LogP contribution >= 0.6 is 12.2 Å². The fourth-order valence-electron chi connectivity index (χ4n) is 2.68. The third kappa shape index (κ3) is 2.37. The van der Waals surface area contributed by atoms with Gasteiger partial charge in [0.2, 0.25) is 4.77 Å². The molecule has 0 amide bonds. The van der Waals surface area contributed by atoms with Crippen molar-refractivity contribution in [2.45, 2.75) is 13.8 Å². The number of fused-ring (bicyclic) bond motifs is 1.